The average molecular weight is 167 g/mol. The molecule has 0 aromatic rings. The number of nitrogens with two attached hydrogens (primary N) is 1. The number of aliphatic imine (C=N–C) groups is 2. The topological polar surface area (TPSA) is 98.4 Å². The quantitative estimate of drug-likeness (QED) is 0.479. The fraction of sp³-hybridized carbons (Fsp3) is 0.429. The van der Waals surface area contributed by atoms with Crippen LogP contribution in [-0.4, -0.2) is 30.1 Å². The van der Waals surface area contributed by atoms with Gasteiger partial charge in [0.2, 0.25) is 0 Å². The molecule has 0 radical (unpaired) electrons. The minimum atomic E-state index is -0.0527. The zero-order valence-corrected chi connectivity index (χ0v) is 7.47. The Hall–Kier alpha value is -1.36. The molecule has 0 fully saturated rings. The molecule has 1 rings (SSSR count). The number of nitrogens with one attached hydrogen (secondary N) is 2. The van der Waals surface area contributed by atoms with Crippen LogP contribution in [-0.2, 0) is 0 Å². The first-order chi connectivity index (χ1) is 5.61. The van der Waals surface area contributed by atoms with Crippen molar-refractivity contribution >= 4 is 23.1 Å². The maximum atomic E-state index is 7.10. The molecule has 5 nitrogen and oxygen atoms in total. The number of hydrogen-bond donors (Lipinski definition) is 3. The standard InChI is InChI=1S/C6H8N4.CH5N/c1-3-4(2)10-6(8)5(7)9-3;1-2/h7-8H,1-2H3;2H2,1H3. The van der Waals surface area contributed by atoms with Gasteiger partial charge in [0.15, 0.2) is 11.7 Å². The third kappa shape index (κ3) is 2.35. The molecule has 1 aliphatic rings. The van der Waals surface area contributed by atoms with E-state index in [-0.39, 0.29) is 11.7 Å². The van der Waals surface area contributed by atoms with Crippen LogP contribution in [0.3, 0.4) is 0 Å². The van der Waals surface area contributed by atoms with Crippen molar-refractivity contribution in [3.63, 3.8) is 0 Å². The van der Waals surface area contributed by atoms with E-state index in [1.165, 1.54) is 7.05 Å². The lowest BCUT2D eigenvalue weighted by Gasteiger charge is -2.06. The Bertz CT molecular complexity index is 233. The van der Waals surface area contributed by atoms with Gasteiger partial charge >= 0.3 is 0 Å². The minimum absolute atomic E-state index is 0.0527. The van der Waals surface area contributed by atoms with Crippen molar-refractivity contribution in [1.82, 2.24) is 0 Å². The SMILES string of the molecule is CC1=NC(=N)C(=N)N=C1C.CN. The number of nitrogens with zero attached hydrogens (tertiary/aromatic N) is 2. The highest BCUT2D eigenvalue weighted by atomic mass is 15.0. The molecule has 0 aromatic heterocycles. The van der Waals surface area contributed by atoms with Crippen LogP contribution in [0.25, 0.3) is 0 Å². The zero-order valence-electron chi connectivity index (χ0n) is 7.47. The third-order valence-corrected chi connectivity index (χ3v) is 1.31. The minimum Gasteiger partial charge on any atom is -0.333 e. The summed E-state index contributed by atoms with van der Waals surface area (Å²) >= 11 is 0. The van der Waals surface area contributed by atoms with E-state index in [1.807, 2.05) is 0 Å². The van der Waals surface area contributed by atoms with Gasteiger partial charge in [0.1, 0.15) is 0 Å². The van der Waals surface area contributed by atoms with Gasteiger partial charge in [-0.1, -0.05) is 0 Å². The predicted octanol–water partition coefficient (Wildman–Crippen LogP) is 0.451. The van der Waals surface area contributed by atoms with E-state index in [2.05, 4.69) is 15.7 Å². The van der Waals surface area contributed by atoms with Gasteiger partial charge in [0.05, 0.1) is 11.4 Å². The van der Waals surface area contributed by atoms with Crippen LogP contribution < -0.4 is 5.73 Å². The summed E-state index contributed by atoms with van der Waals surface area (Å²) < 4.78 is 0. The summed E-state index contributed by atoms with van der Waals surface area (Å²) in [5, 5.41) is 14.2. The molecule has 4 N–H and O–H groups in total. The smallest absolute Gasteiger partial charge is 0.189 e. The van der Waals surface area contributed by atoms with Gasteiger partial charge in [-0.05, 0) is 20.9 Å². The molecule has 0 aromatic carbocycles. The van der Waals surface area contributed by atoms with Gasteiger partial charge in [-0.25, -0.2) is 9.98 Å². The van der Waals surface area contributed by atoms with Gasteiger partial charge in [-0.3, -0.25) is 10.8 Å². The van der Waals surface area contributed by atoms with Crippen LogP contribution >= 0.6 is 0 Å². The second kappa shape index (κ2) is 4.50. The molecule has 66 valence electrons. The lowest BCUT2D eigenvalue weighted by atomic mass is 10.2. The molecule has 5 heteroatoms. The van der Waals surface area contributed by atoms with Crippen molar-refractivity contribution in [2.45, 2.75) is 13.8 Å². The van der Waals surface area contributed by atoms with Crippen molar-refractivity contribution in [1.29, 1.82) is 10.8 Å². The van der Waals surface area contributed by atoms with Crippen molar-refractivity contribution < 1.29 is 0 Å². The monoisotopic (exact) mass is 167 g/mol. The van der Waals surface area contributed by atoms with Crippen molar-refractivity contribution in [2.24, 2.45) is 15.7 Å². The Balaban J connectivity index is 0.000000561. The molecule has 0 spiro atoms. The summed E-state index contributed by atoms with van der Waals surface area (Å²) in [6, 6.07) is 0. The van der Waals surface area contributed by atoms with E-state index in [4.69, 9.17) is 10.8 Å². The Morgan fingerprint density at radius 2 is 1.17 bits per heavy atom. The van der Waals surface area contributed by atoms with E-state index in [9.17, 15) is 0 Å². The van der Waals surface area contributed by atoms with Crippen LogP contribution in [0, 0.1) is 10.8 Å². The van der Waals surface area contributed by atoms with Gasteiger partial charge < -0.3 is 5.73 Å². The fourth-order valence-electron chi connectivity index (χ4n) is 0.603. The van der Waals surface area contributed by atoms with E-state index < -0.39 is 0 Å². The van der Waals surface area contributed by atoms with Gasteiger partial charge in [0.25, 0.3) is 0 Å². The van der Waals surface area contributed by atoms with Gasteiger partial charge in [-0.2, -0.15) is 0 Å². The Morgan fingerprint density at radius 1 is 0.917 bits per heavy atom. The second-order valence-electron chi connectivity index (χ2n) is 2.09. The van der Waals surface area contributed by atoms with E-state index >= 15 is 0 Å². The van der Waals surface area contributed by atoms with Crippen LogP contribution in [0.1, 0.15) is 13.8 Å². The average Bonchev–Trinajstić information content (AvgIpc) is 2.05. The van der Waals surface area contributed by atoms with Gasteiger partial charge in [-0.15, -0.1) is 0 Å². The Kier molecular flexibility index (Phi) is 3.99. The van der Waals surface area contributed by atoms with Crippen LogP contribution in [0.15, 0.2) is 9.98 Å². The summed E-state index contributed by atoms with van der Waals surface area (Å²) in [5.41, 5.74) is 5.95. The molecule has 0 aliphatic carbocycles. The first kappa shape index (κ1) is 10.6. The van der Waals surface area contributed by atoms with Crippen LogP contribution in [0.4, 0.5) is 0 Å². The predicted molar refractivity (Wildman–Crippen MR) is 51.8 cm³/mol. The number of hydrogen-bond acceptors (Lipinski definition) is 3. The zero-order chi connectivity index (χ0) is 9.72. The lowest BCUT2D eigenvalue weighted by Crippen LogP contribution is -2.21. The van der Waals surface area contributed by atoms with Crippen LogP contribution in [0.2, 0.25) is 0 Å². The molecule has 0 unspecified atom stereocenters. The summed E-state index contributed by atoms with van der Waals surface area (Å²) in [5.74, 6) is -0.105. The van der Waals surface area contributed by atoms with Crippen molar-refractivity contribution in [2.75, 3.05) is 7.05 Å². The summed E-state index contributed by atoms with van der Waals surface area (Å²) in [6.07, 6.45) is 0. The van der Waals surface area contributed by atoms with E-state index in [0.29, 0.717) is 0 Å². The highest BCUT2D eigenvalue weighted by Gasteiger charge is 2.10. The first-order valence-corrected chi connectivity index (χ1v) is 3.47. The molecule has 0 amide bonds. The largest absolute Gasteiger partial charge is 0.333 e. The molecular weight excluding hydrogens is 154 g/mol. The van der Waals surface area contributed by atoms with Crippen molar-refractivity contribution in [3.05, 3.63) is 0 Å². The molecule has 1 heterocycles. The van der Waals surface area contributed by atoms with E-state index in [0.717, 1.165) is 11.4 Å². The molecule has 0 bridgehead atoms. The third-order valence-electron chi connectivity index (χ3n) is 1.31. The summed E-state index contributed by atoms with van der Waals surface area (Å²) in [4.78, 5) is 7.58. The molecule has 0 saturated heterocycles. The van der Waals surface area contributed by atoms with Gasteiger partial charge in [0, 0.05) is 0 Å². The second-order valence-corrected chi connectivity index (χ2v) is 2.09. The molecule has 12 heavy (non-hydrogen) atoms. The first-order valence-electron chi connectivity index (χ1n) is 3.47. The Labute approximate surface area is 71.4 Å². The van der Waals surface area contributed by atoms with Crippen molar-refractivity contribution in [3.8, 4) is 0 Å². The highest BCUT2D eigenvalue weighted by molar-refractivity contribution is 6.54. The normalized spacial score (nSPS) is 16.0. The molecular formula is C7H13N5. The number of rotatable bonds is 0. The summed E-state index contributed by atoms with van der Waals surface area (Å²) in [6.45, 7) is 3.56. The molecule has 0 atom stereocenters. The lowest BCUT2D eigenvalue weighted by molar-refractivity contribution is 1.38. The maximum Gasteiger partial charge on any atom is 0.189 e. The molecule has 0 saturated carbocycles. The fourth-order valence-corrected chi connectivity index (χ4v) is 0.603. The maximum absolute atomic E-state index is 7.10. The highest BCUT2D eigenvalue weighted by Crippen LogP contribution is 1.96. The molecule has 1 aliphatic heterocycles. The Morgan fingerprint density at radius 3 is 1.42 bits per heavy atom. The van der Waals surface area contributed by atoms with E-state index in [1.54, 1.807) is 13.8 Å². The number of amidine groups is 2. The van der Waals surface area contributed by atoms with Crippen LogP contribution in [0.5, 0.6) is 0 Å². The summed E-state index contributed by atoms with van der Waals surface area (Å²) in [7, 11) is 1.50.